The monoisotopic (exact) mass is 487 g/mol. The third kappa shape index (κ3) is 6.00. The molecule has 1 fully saturated rings. The van der Waals surface area contributed by atoms with E-state index in [-0.39, 0.29) is 18.4 Å². The summed E-state index contributed by atoms with van der Waals surface area (Å²) in [4.78, 5) is 31.6. The van der Waals surface area contributed by atoms with Gasteiger partial charge in [-0.05, 0) is 56.7 Å². The van der Waals surface area contributed by atoms with E-state index >= 15 is 0 Å². The summed E-state index contributed by atoms with van der Waals surface area (Å²) >= 11 is 0. The second-order valence-electron chi connectivity index (χ2n) is 8.91. The topological polar surface area (TPSA) is 78.9 Å². The Balaban J connectivity index is 1.34. The lowest BCUT2D eigenvalue weighted by atomic mass is 10.1. The molecule has 1 aliphatic rings. The number of aromatic nitrogens is 2. The molecule has 36 heavy (non-hydrogen) atoms. The fourth-order valence-electron chi connectivity index (χ4n) is 4.27. The minimum absolute atomic E-state index is 0.0404. The molecule has 0 spiro atoms. The first-order valence-corrected chi connectivity index (χ1v) is 12.4. The molecule has 1 aliphatic heterocycles. The van der Waals surface area contributed by atoms with E-state index in [4.69, 9.17) is 4.74 Å². The number of anilines is 1. The van der Waals surface area contributed by atoms with Crippen LogP contribution >= 0.6 is 0 Å². The summed E-state index contributed by atoms with van der Waals surface area (Å²) < 4.78 is 5.16. The number of nitrogens with zero attached hydrogens (tertiary/aromatic N) is 5. The van der Waals surface area contributed by atoms with Crippen molar-refractivity contribution in [2.24, 2.45) is 0 Å². The number of carbonyl (C=O) groups is 2. The number of likely N-dealkylation sites (N-methyl/N-ethyl adjacent to an activating group) is 1. The molecular formula is C28H33N5O3. The summed E-state index contributed by atoms with van der Waals surface area (Å²) in [5.74, 6) is 1.30. The first-order valence-electron chi connectivity index (χ1n) is 12.4. The van der Waals surface area contributed by atoms with Crippen LogP contribution in [-0.2, 0) is 4.79 Å². The van der Waals surface area contributed by atoms with Crippen molar-refractivity contribution in [1.82, 2.24) is 20.0 Å². The van der Waals surface area contributed by atoms with Crippen LogP contribution in [0.15, 0.2) is 60.7 Å². The summed E-state index contributed by atoms with van der Waals surface area (Å²) in [5.41, 5.74) is 3.63. The van der Waals surface area contributed by atoms with Gasteiger partial charge in [0.05, 0.1) is 12.8 Å². The largest absolute Gasteiger partial charge is 0.497 e. The maximum Gasteiger partial charge on any atom is 0.254 e. The Bertz CT molecular complexity index is 1160. The molecule has 4 rings (SSSR count). The third-order valence-electron chi connectivity index (χ3n) is 6.50. The molecule has 0 saturated carbocycles. The van der Waals surface area contributed by atoms with E-state index in [0.29, 0.717) is 37.5 Å². The van der Waals surface area contributed by atoms with Gasteiger partial charge in [0.1, 0.15) is 12.3 Å². The quantitative estimate of drug-likeness (QED) is 0.506. The first-order chi connectivity index (χ1) is 17.5. The second-order valence-corrected chi connectivity index (χ2v) is 8.91. The van der Waals surface area contributed by atoms with Gasteiger partial charge in [0.2, 0.25) is 5.91 Å². The van der Waals surface area contributed by atoms with Crippen LogP contribution in [0, 0.1) is 6.92 Å². The first kappa shape index (κ1) is 25.2. The molecule has 0 bridgehead atoms. The van der Waals surface area contributed by atoms with E-state index in [9.17, 15) is 9.59 Å². The molecule has 0 unspecified atom stereocenters. The standard InChI is InChI=1S/C28H33N5O3/c1-4-31(28(35)23-10-12-24(36-3)13-11-23)20-27(34)33-17-5-16-32(18-19-33)26-15-14-25(29-30-26)22-8-6-21(2)7-9-22/h6-15H,4-5,16-20H2,1-3H3. The molecule has 2 amide bonds. The zero-order valence-corrected chi connectivity index (χ0v) is 21.2. The van der Waals surface area contributed by atoms with E-state index in [1.807, 2.05) is 36.1 Å². The molecule has 0 radical (unpaired) electrons. The summed E-state index contributed by atoms with van der Waals surface area (Å²) in [6.07, 6.45) is 0.825. The lowest BCUT2D eigenvalue weighted by molar-refractivity contribution is -0.131. The Labute approximate surface area is 212 Å². The molecule has 0 N–H and O–H groups in total. The smallest absolute Gasteiger partial charge is 0.254 e. The molecule has 2 aromatic carbocycles. The van der Waals surface area contributed by atoms with Gasteiger partial charge in [-0.2, -0.15) is 0 Å². The summed E-state index contributed by atoms with van der Waals surface area (Å²) in [6, 6.07) is 19.2. The number of carbonyl (C=O) groups excluding carboxylic acids is 2. The van der Waals surface area contributed by atoms with E-state index < -0.39 is 0 Å². The number of rotatable bonds is 7. The minimum atomic E-state index is -0.158. The van der Waals surface area contributed by atoms with Gasteiger partial charge in [-0.15, -0.1) is 10.2 Å². The van der Waals surface area contributed by atoms with Crippen LogP contribution in [0.5, 0.6) is 5.75 Å². The Hall–Kier alpha value is -3.94. The van der Waals surface area contributed by atoms with Crippen molar-refractivity contribution in [3.63, 3.8) is 0 Å². The van der Waals surface area contributed by atoms with Gasteiger partial charge >= 0.3 is 0 Å². The van der Waals surface area contributed by atoms with Crippen LogP contribution < -0.4 is 9.64 Å². The molecule has 188 valence electrons. The number of ether oxygens (including phenoxy) is 1. The summed E-state index contributed by atoms with van der Waals surface area (Å²) in [5, 5.41) is 8.88. The van der Waals surface area contributed by atoms with Crippen molar-refractivity contribution in [1.29, 1.82) is 0 Å². The summed E-state index contributed by atoms with van der Waals surface area (Å²) in [7, 11) is 1.59. The number of amides is 2. The van der Waals surface area contributed by atoms with E-state index in [0.717, 1.165) is 30.0 Å². The number of methoxy groups -OCH3 is 1. The van der Waals surface area contributed by atoms with Crippen molar-refractivity contribution in [3.05, 3.63) is 71.8 Å². The van der Waals surface area contributed by atoms with Gasteiger partial charge in [-0.25, -0.2) is 0 Å². The second kappa shape index (κ2) is 11.7. The van der Waals surface area contributed by atoms with Gasteiger partial charge < -0.3 is 19.4 Å². The normalized spacial score (nSPS) is 13.8. The maximum absolute atomic E-state index is 13.1. The van der Waals surface area contributed by atoms with Crippen LogP contribution in [0.25, 0.3) is 11.3 Å². The fraction of sp³-hybridized carbons (Fsp3) is 0.357. The van der Waals surface area contributed by atoms with Gasteiger partial charge in [0.15, 0.2) is 5.82 Å². The molecule has 1 aromatic heterocycles. The lowest BCUT2D eigenvalue weighted by Crippen LogP contribution is -2.44. The van der Waals surface area contributed by atoms with E-state index in [2.05, 4.69) is 34.2 Å². The highest BCUT2D eigenvalue weighted by molar-refractivity contribution is 5.96. The Morgan fingerprint density at radius 3 is 2.31 bits per heavy atom. The number of hydrogen-bond acceptors (Lipinski definition) is 6. The van der Waals surface area contributed by atoms with Gasteiger partial charge in [0, 0.05) is 43.9 Å². The molecular weight excluding hydrogens is 454 g/mol. The van der Waals surface area contributed by atoms with Crippen molar-refractivity contribution < 1.29 is 14.3 Å². The van der Waals surface area contributed by atoms with Crippen LogP contribution in [0.3, 0.4) is 0 Å². The van der Waals surface area contributed by atoms with Crippen molar-refractivity contribution in [2.45, 2.75) is 20.3 Å². The molecule has 8 nitrogen and oxygen atoms in total. The Morgan fingerprint density at radius 1 is 0.917 bits per heavy atom. The van der Waals surface area contributed by atoms with Gasteiger partial charge in [0.25, 0.3) is 5.91 Å². The van der Waals surface area contributed by atoms with Crippen molar-refractivity contribution >= 4 is 17.6 Å². The third-order valence-corrected chi connectivity index (χ3v) is 6.50. The van der Waals surface area contributed by atoms with Gasteiger partial charge in [-0.3, -0.25) is 9.59 Å². The average molecular weight is 488 g/mol. The summed E-state index contributed by atoms with van der Waals surface area (Å²) in [6.45, 7) is 7.16. The Kier molecular flexibility index (Phi) is 8.15. The predicted molar refractivity (Wildman–Crippen MR) is 140 cm³/mol. The maximum atomic E-state index is 13.1. The van der Waals surface area contributed by atoms with E-state index in [1.165, 1.54) is 5.56 Å². The Morgan fingerprint density at radius 2 is 1.67 bits per heavy atom. The fourth-order valence-corrected chi connectivity index (χ4v) is 4.27. The molecule has 0 aliphatic carbocycles. The van der Waals surface area contributed by atoms with Crippen LogP contribution in [0.4, 0.5) is 5.82 Å². The highest BCUT2D eigenvalue weighted by Gasteiger charge is 2.24. The van der Waals surface area contributed by atoms with Crippen LogP contribution in [0.2, 0.25) is 0 Å². The van der Waals surface area contributed by atoms with E-state index in [1.54, 1.807) is 36.3 Å². The number of hydrogen-bond donors (Lipinski definition) is 0. The van der Waals surface area contributed by atoms with Crippen molar-refractivity contribution in [2.75, 3.05) is 51.3 Å². The predicted octanol–water partition coefficient (Wildman–Crippen LogP) is 3.66. The highest BCUT2D eigenvalue weighted by atomic mass is 16.5. The molecule has 1 saturated heterocycles. The molecule has 3 aromatic rings. The average Bonchev–Trinajstić information content (AvgIpc) is 3.18. The van der Waals surface area contributed by atoms with Gasteiger partial charge in [-0.1, -0.05) is 29.8 Å². The lowest BCUT2D eigenvalue weighted by Gasteiger charge is -2.26. The zero-order chi connectivity index (χ0) is 25.5. The minimum Gasteiger partial charge on any atom is -0.497 e. The molecule has 8 heteroatoms. The number of benzene rings is 2. The highest BCUT2D eigenvalue weighted by Crippen LogP contribution is 2.20. The molecule has 0 atom stereocenters. The SMILES string of the molecule is CCN(CC(=O)N1CCCN(c2ccc(-c3ccc(C)cc3)nn2)CC1)C(=O)c1ccc(OC)cc1. The zero-order valence-electron chi connectivity index (χ0n) is 21.2. The number of aryl methyl sites for hydroxylation is 1. The molecule has 2 heterocycles. The van der Waals surface area contributed by atoms with Crippen molar-refractivity contribution in [3.8, 4) is 17.0 Å². The van der Waals surface area contributed by atoms with Crippen LogP contribution in [-0.4, -0.2) is 78.2 Å². The van der Waals surface area contributed by atoms with Crippen LogP contribution in [0.1, 0.15) is 29.3 Å².